The number of amides is 1. The molecule has 0 bridgehead atoms. The Morgan fingerprint density at radius 1 is 1.27 bits per heavy atom. The van der Waals surface area contributed by atoms with Gasteiger partial charge in [0.15, 0.2) is 0 Å². The fraction of sp³-hybridized carbons (Fsp3) is 0.150. The first-order chi connectivity index (χ1) is 14.6. The first-order valence-corrected chi connectivity index (χ1v) is 8.93. The first-order valence-electron chi connectivity index (χ1n) is 8.93. The predicted octanol–water partition coefficient (Wildman–Crippen LogP) is 0.951. The van der Waals surface area contributed by atoms with Gasteiger partial charge in [0.25, 0.3) is 11.5 Å². The van der Waals surface area contributed by atoms with Crippen LogP contribution in [0.1, 0.15) is 15.9 Å². The molecule has 0 saturated carbocycles. The molecule has 0 saturated heterocycles. The van der Waals surface area contributed by atoms with Gasteiger partial charge in [-0.25, -0.2) is 14.5 Å². The average molecular weight is 409 g/mol. The highest BCUT2D eigenvalue weighted by atomic mass is 16.5. The Morgan fingerprint density at radius 2 is 2.07 bits per heavy atom. The smallest absolute Gasteiger partial charge is 0.330 e. The number of H-pyrrole nitrogens is 1. The maximum Gasteiger partial charge on any atom is 0.330 e. The summed E-state index contributed by atoms with van der Waals surface area (Å²) in [7, 11) is 1.31. The van der Waals surface area contributed by atoms with Gasteiger partial charge in [-0.3, -0.25) is 14.6 Å². The van der Waals surface area contributed by atoms with E-state index in [1.807, 2.05) is 0 Å². The highest BCUT2D eigenvalue weighted by molar-refractivity contribution is 5.93. The quantitative estimate of drug-likeness (QED) is 0.322. The van der Waals surface area contributed by atoms with Crippen LogP contribution in [-0.2, 0) is 9.53 Å². The lowest BCUT2D eigenvalue weighted by atomic mass is 10.2. The van der Waals surface area contributed by atoms with Gasteiger partial charge in [-0.05, 0) is 29.8 Å². The molecule has 2 N–H and O–H groups in total. The third kappa shape index (κ3) is 5.41. The van der Waals surface area contributed by atoms with Crippen molar-refractivity contribution in [3.63, 3.8) is 0 Å². The van der Waals surface area contributed by atoms with Crippen molar-refractivity contribution in [2.75, 3.05) is 20.3 Å². The number of hydrogen-bond acceptors (Lipinski definition) is 7. The highest BCUT2D eigenvalue weighted by Gasteiger charge is 2.12. The highest BCUT2D eigenvalue weighted by Crippen LogP contribution is 2.13. The van der Waals surface area contributed by atoms with E-state index in [0.717, 1.165) is 5.56 Å². The fourth-order valence-electron chi connectivity index (χ4n) is 2.39. The van der Waals surface area contributed by atoms with Crippen molar-refractivity contribution in [2.45, 2.75) is 0 Å². The summed E-state index contributed by atoms with van der Waals surface area (Å²) in [6.45, 7) is 0.406. The SMILES string of the molecule is COC(=O)C=Cc1ccc(OCCNC(=O)c2cnc(-n3cccn3)[nH]c2=O)cc1. The number of nitrogens with one attached hydrogen (secondary N) is 2. The Kier molecular flexibility index (Phi) is 6.72. The number of ether oxygens (including phenoxy) is 2. The molecule has 10 nitrogen and oxygen atoms in total. The lowest BCUT2D eigenvalue weighted by Gasteiger charge is -2.08. The number of nitrogens with zero attached hydrogens (tertiary/aromatic N) is 3. The minimum atomic E-state index is -0.565. The van der Waals surface area contributed by atoms with Gasteiger partial charge in [0.1, 0.15) is 17.9 Å². The molecule has 0 aliphatic carbocycles. The Labute approximate surface area is 171 Å². The van der Waals surface area contributed by atoms with Gasteiger partial charge in [0, 0.05) is 24.7 Å². The number of aromatic amines is 1. The van der Waals surface area contributed by atoms with Crippen molar-refractivity contribution in [3.05, 3.63) is 76.5 Å². The van der Waals surface area contributed by atoms with Crippen LogP contribution in [-0.4, -0.2) is 51.9 Å². The van der Waals surface area contributed by atoms with Gasteiger partial charge in [-0.2, -0.15) is 5.10 Å². The second-order valence-corrected chi connectivity index (χ2v) is 5.93. The molecule has 2 aromatic heterocycles. The Bertz CT molecular complexity index is 1090. The van der Waals surface area contributed by atoms with Gasteiger partial charge in [-0.1, -0.05) is 12.1 Å². The Balaban J connectivity index is 1.47. The molecule has 0 atom stereocenters. The standard InChI is InChI=1S/C20H19N5O5/c1-29-17(26)8-5-14-3-6-15(7-4-14)30-12-10-21-18(27)16-13-22-20(24-19(16)28)25-11-2-9-23-25/h2-9,11,13H,10,12H2,1H3,(H,21,27)(H,22,24,28). The van der Waals surface area contributed by atoms with E-state index in [4.69, 9.17) is 4.74 Å². The van der Waals surface area contributed by atoms with Crippen LogP contribution in [0.4, 0.5) is 0 Å². The summed E-state index contributed by atoms with van der Waals surface area (Å²) in [6.07, 6.45) is 7.32. The molecule has 1 aromatic carbocycles. The fourth-order valence-corrected chi connectivity index (χ4v) is 2.39. The monoisotopic (exact) mass is 409 g/mol. The summed E-state index contributed by atoms with van der Waals surface area (Å²) in [5.41, 5.74) is 0.142. The molecular formula is C20H19N5O5. The van der Waals surface area contributed by atoms with E-state index in [-0.39, 0.29) is 24.7 Å². The largest absolute Gasteiger partial charge is 0.492 e. The molecule has 3 rings (SSSR count). The second kappa shape index (κ2) is 9.82. The van der Waals surface area contributed by atoms with Crippen LogP contribution in [0.15, 0.2) is 59.8 Å². The minimum absolute atomic E-state index is 0.104. The van der Waals surface area contributed by atoms with Gasteiger partial charge in [0.2, 0.25) is 5.95 Å². The number of aromatic nitrogens is 4. The topological polar surface area (TPSA) is 128 Å². The van der Waals surface area contributed by atoms with E-state index in [2.05, 4.69) is 25.1 Å². The third-order valence-corrected chi connectivity index (χ3v) is 3.90. The van der Waals surface area contributed by atoms with Crippen LogP contribution in [0.5, 0.6) is 5.75 Å². The molecule has 154 valence electrons. The van der Waals surface area contributed by atoms with Crippen molar-refractivity contribution in [1.29, 1.82) is 0 Å². The van der Waals surface area contributed by atoms with Crippen LogP contribution >= 0.6 is 0 Å². The van der Waals surface area contributed by atoms with Crippen LogP contribution in [0, 0.1) is 0 Å². The van der Waals surface area contributed by atoms with Crippen molar-refractivity contribution >= 4 is 18.0 Å². The second-order valence-electron chi connectivity index (χ2n) is 5.93. The molecule has 10 heteroatoms. The van der Waals surface area contributed by atoms with E-state index in [1.54, 1.807) is 48.8 Å². The van der Waals surface area contributed by atoms with E-state index in [9.17, 15) is 14.4 Å². The minimum Gasteiger partial charge on any atom is -0.492 e. The Morgan fingerprint density at radius 3 is 2.73 bits per heavy atom. The molecule has 0 fully saturated rings. The normalized spacial score (nSPS) is 10.7. The molecule has 1 amide bonds. The summed E-state index contributed by atoms with van der Waals surface area (Å²) in [5, 5.41) is 6.57. The molecule has 0 aliphatic heterocycles. The molecule has 2 heterocycles. The van der Waals surface area contributed by atoms with Crippen molar-refractivity contribution in [1.82, 2.24) is 25.1 Å². The maximum atomic E-state index is 12.2. The molecular weight excluding hydrogens is 390 g/mol. The number of benzene rings is 1. The van der Waals surface area contributed by atoms with Crippen molar-refractivity contribution < 1.29 is 19.1 Å². The van der Waals surface area contributed by atoms with Gasteiger partial charge in [-0.15, -0.1) is 0 Å². The number of hydrogen-bond donors (Lipinski definition) is 2. The van der Waals surface area contributed by atoms with Crippen LogP contribution in [0.25, 0.3) is 12.0 Å². The van der Waals surface area contributed by atoms with Gasteiger partial charge < -0.3 is 14.8 Å². The van der Waals surface area contributed by atoms with Crippen molar-refractivity contribution in [3.8, 4) is 11.7 Å². The molecule has 0 aliphatic rings. The van der Waals surface area contributed by atoms with E-state index in [1.165, 1.54) is 24.1 Å². The molecule has 0 radical (unpaired) electrons. The van der Waals surface area contributed by atoms with Crippen molar-refractivity contribution in [2.24, 2.45) is 0 Å². The maximum absolute atomic E-state index is 12.2. The summed E-state index contributed by atoms with van der Waals surface area (Å²) >= 11 is 0. The number of carbonyl (C=O) groups is 2. The molecule has 3 aromatic rings. The predicted molar refractivity (Wildman–Crippen MR) is 107 cm³/mol. The zero-order valence-corrected chi connectivity index (χ0v) is 16.1. The van der Waals surface area contributed by atoms with Crippen LogP contribution in [0.3, 0.4) is 0 Å². The average Bonchev–Trinajstić information content (AvgIpc) is 3.30. The first kappa shape index (κ1) is 20.5. The van der Waals surface area contributed by atoms with Crippen LogP contribution < -0.4 is 15.6 Å². The zero-order chi connectivity index (χ0) is 21.3. The number of carbonyl (C=O) groups excluding carboxylic acids is 2. The van der Waals surface area contributed by atoms with E-state index in [0.29, 0.717) is 5.75 Å². The lowest BCUT2D eigenvalue weighted by Crippen LogP contribution is -2.33. The summed E-state index contributed by atoms with van der Waals surface area (Å²) in [5.74, 6) is -0.170. The lowest BCUT2D eigenvalue weighted by molar-refractivity contribution is -0.134. The van der Waals surface area contributed by atoms with E-state index < -0.39 is 17.4 Å². The summed E-state index contributed by atoms with van der Waals surface area (Å²) in [4.78, 5) is 41.9. The summed E-state index contributed by atoms with van der Waals surface area (Å²) < 4.78 is 11.5. The van der Waals surface area contributed by atoms with Crippen LogP contribution in [0.2, 0.25) is 0 Å². The third-order valence-electron chi connectivity index (χ3n) is 3.90. The number of esters is 1. The molecule has 0 unspecified atom stereocenters. The van der Waals surface area contributed by atoms with E-state index >= 15 is 0 Å². The van der Waals surface area contributed by atoms with Gasteiger partial charge in [0.05, 0.1) is 13.7 Å². The molecule has 0 spiro atoms. The number of rotatable bonds is 8. The number of methoxy groups -OCH3 is 1. The molecule has 30 heavy (non-hydrogen) atoms. The Hall–Kier alpha value is -4.21. The van der Waals surface area contributed by atoms with Gasteiger partial charge >= 0.3 is 5.97 Å². The zero-order valence-electron chi connectivity index (χ0n) is 16.1. The summed E-state index contributed by atoms with van der Waals surface area (Å²) in [6, 6.07) is 8.72.